The fraction of sp³-hybridized carbons (Fsp3) is 0.200. The quantitative estimate of drug-likeness (QED) is 0.793. The van der Waals surface area contributed by atoms with Crippen LogP contribution in [0.25, 0.3) is 0 Å². The van der Waals surface area contributed by atoms with Gasteiger partial charge in [-0.3, -0.25) is 0 Å². The molecule has 0 unspecified atom stereocenters. The van der Waals surface area contributed by atoms with Crippen LogP contribution in [-0.2, 0) is 6.42 Å². The molecule has 0 aliphatic rings. The zero-order chi connectivity index (χ0) is 13.7. The van der Waals surface area contributed by atoms with E-state index in [9.17, 15) is 0 Å². The van der Waals surface area contributed by atoms with Crippen LogP contribution in [0.3, 0.4) is 0 Å². The lowest BCUT2D eigenvalue weighted by Crippen LogP contribution is -2.05. The average Bonchev–Trinajstić information content (AvgIpc) is 2.42. The number of ether oxygens (including phenoxy) is 1. The van der Waals surface area contributed by atoms with Gasteiger partial charge in [-0.05, 0) is 49.9 Å². The lowest BCUT2D eigenvalue weighted by Gasteiger charge is -2.12. The molecular weight excluding hydrogens is 370 g/mol. The second kappa shape index (κ2) is 6.96. The Morgan fingerprint density at radius 2 is 1.79 bits per heavy atom. The van der Waals surface area contributed by atoms with E-state index in [2.05, 4.69) is 61.4 Å². The number of halogens is 2. The third-order valence-electron chi connectivity index (χ3n) is 2.81. The molecule has 0 saturated carbocycles. The first kappa shape index (κ1) is 14.4. The molecule has 0 aliphatic carbocycles. The summed E-state index contributed by atoms with van der Waals surface area (Å²) in [5.41, 5.74) is 2.37. The van der Waals surface area contributed by atoms with E-state index in [0.29, 0.717) is 0 Å². The van der Waals surface area contributed by atoms with Gasteiger partial charge in [0.2, 0.25) is 0 Å². The third kappa shape index (κ3) is 3.98. The van der Waals surface area contributed by atoms with E-state index in [-0.39, 0.29) is 0 Å². The maximum atomic E-state index is 5.30. The summed E-state index contributed by atoms with van der Waals surface area (Å²) in [5, 5.41) is 3.42. The van der Waals surface area contributed by atoms with Crippen molar-refractivity contribution in [1.82, 2.24) is 0 Å². The van der Waals surface area contributed by atoms with Crippen LogP contribution in [0.1, 0.15) is 5.56 Å². The molecule has 0 spiro atoms. The Morgan fingerprint density at radius 1 is 1.05 bits per heavy atom. The molecule has 2 aromatic rings. The van der Waals surface area contributed by atoms with Gasteiger partial charge < -0.3 is 10.1 Å². The Morgan fingerprint density at radius 3 is 2.47 bits per heavy atom. The molecule has 0 atom stereocenters. The second-order valence-electron chi connectivity index (χ2n) is 4.13. The largest absolute Gasteiger partial charge is 0.495 e. The van der Waals surface area contributed by atoms with Crippen molar-refractivity contribution in [2.45, 2.75) is 6.42 Å². The highest BCUT2D eigenvalue weighted by atomic mass is 79.9. The molecule has 0 aliphatic heterocycles. The summed E-state index contributed by atoms with van der Waals surface area (Å²) in [6.07, 6.45) is 0.992. The molecule has 2 nitrogen and oxygen atoms in total. The highest BCUT2D eigenvalue weighted by Crippen LogP contribution is 2.34. The molecule has 4 heteroatoms. The number of methoxy groups -OCH3 is 1. The SMILES string of the molecule is COc1cc(NCCc2ccccc2)c(Br)cc1Br. The van der Waals surface area contributed by atoms with Gasteiger partial charge in [-0.15, -0.1) is 0 Å². The Bertz CT molecular complexity index is 543. The predicted octanol–water partition coefficient (Wildman–Crippen LogP) is 4.87. The van der Waals surface area contributed by atoms with E-state index in [1.54, 1.807) is 7.11 Å². The Hall–Kier alpha value is -1.000. The molecule has 0 radical (unpaired) electrons. The fourth-order valence-electron chi connectivity index (χ4n) is 1.81. The minimum absolute atomic E-state index is 0.824. The van der Waals surface area contributed by atoms with E-state index in [0.717, 1.165) is 33.3 Å². The first-order valence-corrected chi connectivity index (χ1v) is 7.60. The second-order valence-corrected chi connectivity index (χ2v) is 5.84. The Kier molecular flexibility index (Phi) is 5.28. The van der Waals surface area contributed by atoms with E-state index in [4.69, 9.17) is 4.74 Å². The molecule has 0 heterocycles. The molecule has 0 aromatic heterocycles. The molecule has 0 bridgehead atoms. The maximum absolute atomic E-state index is 5.30. The molecule has 100 valence electrons. The summed E-state index contributed by atoms with van der Waals surface area (Å²) in [6.45, 7) is 0.882. The molecule has 19 heavy (non-hydrogen) atoms. The summed E-state index contributed by atoms with van der Waals surface area (Å²) in [6, 6.07) is 14.4. The van der Waals surface area contributed by atoms with Crippen molar-refractivity contribution in [3.05, 3.63) is 57.0 Å². The highest BCUT2D eigenvalue weighted by Gasteiger charge is 2.06. The van der Waals surface area contributed by atoms with Crippen molar-refractivity contribution in [3.63, 3.8) is 0 Å². The zero-order valence-corrected chi connectivity index (χ0v) is 13.8. The van der Waals surface area contributed by atoms with Crippen LogP contribution < -0.4 is 10.1 Å². The van der Waals surface area contributed by atoms with Gasteiger partial charge in [0, 0.05) is 17.1 Å². The van der Waals surface area contributed by atoms with Crippen LogP contribution in [-0.4, -0.2) is 13.7 Å². The Balaban J connectivity index is 2.00. The van der Waals surface area contributed by atoms with E-state index in [1.807, 2.05) is 18.2 Å². The lowest BCUT2D eigenvalue weighted by atomic mass is 10.1. The van der Waals surface area contributed by atoms with Crippen molar-refractivity contribution in [2.24, 2.45) is 0 Å². The van der Waals surface area contributed by atoms with Crippen LogP contribution >= 0.6 is 31.9 Å². The van der Waals surface area contributed by atoms with Crippen molar-refractivity contribution < 1.29 is 4.74 Å². The standard InChI is InChI=1S/C15H15Br2NO/c1-19-15-10-14(12(16)9-13(15)17)18-8-7-11-5-3-2-4-6-11/h2-6,9-10,18H,7-8H2,1H3. The van der Waals surface area contributed by atoms with E-state index >= 15 is 0 Å². The lowest BCUT2D eigenvalue weighted by molar-refractivity contribution is 0.412. The van der Waals surface area contributed by atoms with E-state index in [1.165, 1.54) is 5.56 Å². The van der Waals surface area contributed by atoms with Gasteiger partial charge in [0.15, 0.2) is 0 Å². The first-order valence-electron chi connectivity index (χ1n) is 6.01. The van der Waals surface area contributed by atoms with Gasteiger partial charge in [-0.1, -0.05) is 30.3 Å². The van der Waals surface area contributed by atoms with Crippen LogP contribution in [0.4, 0.5) is 5.69 Å². The van der Waals surface area contributed by atoms with Crippen LogP contribution in [0.2, 0.25) is 0 Å². The fourth-order valence-corrected chi connectivity index (χ4v) is 3.10. The first-order chi connectivity index (χ1) is 9.20. The third-order valence-corrected chi connectivity index (χ3v) is 4.09. The Labute approximate surface area is 130 Å². The summed E-state index contributed by atoms with van der Waals surface area (Å²) < 4.78 is 7.26. The van der Waals surface area contributed by atoms with Gasteiger partial charge in [0.1, 0.15) is 5.75 Å². The average molecular weight is 385 g/mol. The summed E-state index contributed by atoms with van der Waals surface area (Å²) in [7, 11) is 1.67. The van der Waals surface area contributed by atoms with Crippen molar-refractivity contribution in [1.29, 1.82) is 0 Å². The normalized spacial score (nSPS) is 10.3. The zero-order valence-electron chi connectivity index (χ0n) is 10.6. The van der Waals surface area contributed by atoms with Crippen molar-refractivity contribution in [2.75, 3.05) is 19.0 Å². The monoisotopic (exact) mass is 383 g/mol. The summed E-state index contributed by atoms with van der Waals surface area (Å²) in [4.78, 5) is 0. The van der Waals surface area contributed by atoms with Gasteiger partial charge in [0.25, 0.3) is 0 Å². The van der Waals surface area contributed by atoms with Gasteiger partial charge in [0.05, 0.1) is 17.3 Å². The van der Waals surface area contributed by atoms with Gasteiger partial charge in [-0.25, -0.2) is 0 Å². The van der Waals surface area contributed by atoms with Crippen LogP contribution in [0.15, 0.2) is 51.4 Å². The maximum Gasteiger partial charge on any atom is 0.135 e. The number of benzene rings is 2. The number of rotatable bonds is 5. The van der Waals surface area contributed by atoms with Gasteiger partial charge in [-0.2, -0.15) is 0 Å². The molecule has 2 rings (SSSR count). The minimum Gasteiger partial charge on any atom is -0.495 e. The van der Waals surface area contributed by atoms with Crippen LogP contribution in [0.5, 0.6) is 5.75 Å². The topological polar surface area (TPSA) is 21.3 Å². The van der Waals surface area contributed by atoms with Gasteiger partial charge >= 0.3 is 0 Å². The highest BCUT2D eigenvalue weighted by molar-refractivity contribution is 9.11. The number of hydrogen-bond donors (Lipinski definition) is 1. The molecule has 1 N–H and O–H groups in total. The van der Waals surface area contributed by atoms with Crippen molar-refractivity contribution >= 4 is 37.5 Å². The molecule has 0 saturated heterocycles. The summed E-state index contributed by atoms with van der Waals surface area (Å²) >= 11 is 7.01. The molecule has 2 aromatic carbocycles. The smallest absolute Gasteiger partial charge is 0.135 e. The van der Waals surface area contributed by atoms with E-state index < -0.39 is 0 Å². The van der Waals surface area contributed by atoms with Crippen molar-refractivity contribution in [3.8, 4) is 5.75 Å². The number of nitrogens with one attached hydrogen (secondary N) is 1. The predicted molar refractivity (Wildman–Crippen MR) is 87.0 cm³/mol. The molecular formula is C15H15Br2NO. The molecule has 0 fully saturated rings. The molecule has 0 amide bonds. The van der Waals surface area contributed by atoms with Crippen LogP contribution in [0, 0.1) is 0 Å². The summed E-state index contributed by atoms with van der Waals surface area (Å²) in [5.74, 6) is 0.824. The number of hydrogen-bond acceptors (Lipinski definition) is 2. The number of anilines is 1. The minimum atomic E-state index is 0.824.